The molecule has 0 aliphatic heterocycles. The number of amides is 1. The highest BCUT2D eigenvalue weighted by Crippen LogP contribution is 2.25. The molecule has 134 valence electrons. The summed E-state index contributed by atoms with van der Waals surface area (Å²) < 4.78 is 0. The molecule has 6 nitrogen and oxygen atoms in total. The summed E-state index contributed by atoms with van der Waals surface area (Å²) in [6.45, 7) is 7.08. The Labute approximate surface area is 152 Å². The summed E-state index contributed by atoms with van der Waals surface area (Å²) in [5, 5.41) is 15.5. The van der Waals surface area contributed by atoms with Crippen molar-refractivity contribution in [1.82, 2.24) is 10.2 Å². The van der Waals surface area contributed by atoms with Crippen LogP contribution in [0, 0.1) is 0 Å². The number of carbonyl (C=O) groups is 2. The van der Waals surface area contributed by atoms with Crippen LogP contribution >= 0.6 is 23.2 Å². The van der Waals surface area contributed by atoms with E-state index >= 15 is 0 Å². The van der Waals surface area contributed by atoms with E-state index in [2.05, 4.69) is 15.5 Å². The summed E-state index contributed by atoms with van der Waals surface area (Å²) in [6.07, 6.45) is -0.198. The molecule has 1 amide bonds. The van der Waals surface area contributed by atoms with Gasteiger partial charge in [0.25, 0.3) is 0 Å². The molecule has 1 rings (SSSR count). The zero-order chi connectivity index (χ0) is 18.1. The number of halogens is 2. The van der Waals surface area contributed by atoms with Crippen LogP contribution in [-0.2, 0) is 9.59 Å². The van der Waals surface area contributed by atoms with Crippen molar-refractivity contribution in [3.05, 3.63) is 28.2 Å². The van der Waals surface area contributed by atoms with Gasteiger partial charge in [0.15, 0.2) is 0 Å². The molecule has 8 heteroatoms. The number of benzene rings is 1. The molecule has 0 saturated carbocycles. The Morgan fingerprint density at radius 3 is 2.50 bits per heavy atom. The van der Waals surface area contributed by atoms with Crippen LogP contribution in [0.2, 0.25) is 10.0 Å². The Bertz CT molecular complexity index is 565. The number of carbonyl (C=O) groups excluding carboxylic acids is 1. The van der Waals surface area contributed by atoms with Gasteiger partial charge in [-0.3, -0.25) is 9.59 Å². The van der Waals surface area contributed by atoms with Gasteiger partial charge in [0.05, 0.1) is 17.1 Å². The van der Waals surface area contributed by atoms with Crippen LogP contribution in [-0.4, -0.2) is 54.1 Å². The Balaban J connectivity index is 2.56. The van der Waals surface area contributed by atoms with Gasteiger partial charge in [-0.25, -0.2) is 0 Å². The minimum atomic E-state index is -1.07. The first kappa shape index (κ1) is 20.7. The highest BCUT2D eigenvalue weighted by Gasteiger charge is 2.21. The van der Waals surface area contributed by atoms with Gasteiger partial charge >= 0.3 is 5.97 Å². The number of aliphatic carboxylic acids is 1. The molecule has 0 fully saturated rings. The van der Waals surface area contributed by atoms with Crippen molar-refractivity contribution in [1.29, 1.82) is 0 Å². The fourth-order valence-corrected chi connectivity index (χ4v) is 2.50. The third-order valence-electron chi connectivity index (χ3n) is 3.60. The highest BCUT2D eigenvalue weighted by molar-refractivity contribution is 6.35. The van der Waals surface area contributed by atoms with Crippen molar-refractivity contribution < 1.29 is 14.7 Å². The second kappa shape index (κ2) is 10.5. The second-order valence-electron chi connectivity index (χ2n) is 5.25. The van der Waals surface area contributed by atoms with Crippen LogP contribution in [0.25, 0.3) is 0 Å². The lowest BCUT2D eigenvalue weighted by Crippen LogP contribution is -2.43. The number of carboxylic acids is 1. The SMILES string of the molecule is CCN(CC)CCN[C@@H](CC(=O)Nc1cc(Cl)ccc1Cl)C(=O)O. The molecule has 0 radical (unpaired) electrons. The lowest BCUT2D eigenvalue weighted by molar-refractivity contribution is -0.141. The molecule has 0 aliphatic carbocycles. The van der Waals surface area contributed by atoms with Gasteiger partial charge in [0.2, 0.25) is 5.91 Å². The Hall–Kier alpha value is -1.34. The first-order valence-corrected chi connectivity index (χ1v) is 8.56. The van der Waals surface area contributed by atoms with Crippen LogP contribution in [0.1, 0.15) is 20.3 Å². The van der Waals surface area contributed by atoms with Gasteiger partial charge in [-0.15, -0.1) is 0 Å². The van der Waals surface area contributed by atoms with Crippen molar-refractivity contribution in [3.63, 3.8) is 0 Å². The van der Waals surface area contributed by atoms with E-state index in [1.54, 1.807) is 12.1 Å². The van der Waals surface area contributed by atoms with Crippen LogP contribution < -0.4 is 10.6 Å². The van der Waals surface area contributed by atoms with Crippen molar-refractivity contribution >= 4 is 40.8 Å². The minimum absolute atomic E-state index is 0.198. The summed E-state index contributed by atoms with van der Waals surface area (Å²) >= 11 is 11.8. The summed E-state index contributed by atoms with van der Waals surface area (Å²) in [6, 6.07) is 3.73. The van der Waals surface area contributed by atoms with Crippen molar-refractivity contribution in [2.24, 2.45) is 0 Å². The number of nitrogens with one attached hydrogen (secondary N) is 2. The molecule has 0 heterocycles. The maximum absolute atomic E-state index is 12.1. The van der Waals surface area contributed by atoms with Gasteiger partial charge in [-0.1, -0.05) is 37.0 Å². The third kappa shape index (κ3) is 7.05. The normalized spacial score (nSPS) is 12.2. The molecule has 0 aliphatic rings. The van der Waals surface area contributed by atoms with E-state index in [0.717, 1.165) is 19.6 Å². The molecule has 0 saturated heterocycles. The second-order valence-corrected chi connectivity index (χ2v) is 6.09. The largest absolute Gasteiger partial charge is 0.480 e. The van der Waals surface area contributed by atoms with E-state index in [1.807, 2.05) is 13.8 Å². The molecule has 0 spiro atoms. The van der Waals surface area contributed by atoms with Gasteiger partial charge in [-0.05, 0) is 31.3 Å². The maximum Gasteiger partial charge on any atom is 0.321 e. The van der Waals surface area contributed by atoms with Crippen LogP contribution in [0.5, 0.6) is 0 Å². The van der Waals surface area contributed by atoms with E-state index in [9.17, 15) is 14.7 Å². The topological polar surface area (TPSA) is 81.7 Å². The monoisotopic (exact) mass is 375 g/mol. The molecular weight excluding hydrogens is 353 g/mol. The average molecular weight is 376 g/mol. The lowest BCUT2D eigenvalue weighted by atomic mass is 10.2. The maximum atomic E-state index is 12.1. The van der Waals surface area contributed by atoms with E-state index in [0.29, 0.717) is 22.3 Å². The van der Waals surface area contributed by atoms with Crippen molar-refractivity contribution in [3.8, 4) is 0 Å². The Morgan fingerprint density at radius 2 is 1.92 bits per heavy atom. The number of nitrogens with zero attached hydrogens (tertiary/aromatic N) is 1. The molecule has 0 aromatic heterocycles. The Morgan fingerprint density at radius 1 is 1.25 bits per heavy atom. The average Bonchev–Trinajstić information content (AvgIpc) is 2.53. The van der Waals surface area contributed by atoms with Crippen molar-refractivity contribution in [2.45, 2.75) is 26.3 Å². The number of hydrogen-bond donors (Lipinski definition) is 3. The van der Waals surface area contributed by atoms with Gasteiger partial charge < -0.3 is 20.6 Å². The number of anilines is 1. The summed E-state index contributed by atoms with van der Waals surface area (Å²) in [5.41, 5.74) is 0.362. The summed E-state index contributed by atoms with van der Waals surface area (Å²) in [5.74, 6) is -1.51. The van der Waals surface area contributed by atoms with Gasteiger partial charge in [0, 0.05) is 18.1 Å². The molecule has 0 bridgehead atoms. The van der Waals surface area contributed by atoms with Gasteiger partial charge in [0.1, 0.15) is 6.04 Å². The molecule has 0 unspecified atom stereocenters. The standard InChI is InChI=1S/C16H23Cl2N3O3/c1-3-21(4-2)8-7-19-14(16(23)24)10-15(22)20-13-9-11(17)5-6-12(13)18/h5-6,9,14,19H,3-4,7-8,10H2,1-2H3,(H,20,22)(H,23,24)/t14-/m0/s1. The predicted molar refractivity (Wildman–Crippen MR) is 96.9 cm³/mol. The molecule has 24 heavy (non-hydrogen) atoms. The number of carboxylic acid groups (broad SMARTS) is 1. The smallest absolute Gasteiger partial charge is 0.321 e. The molecule has 1 aromatic carbocycles. The molecule has 1 aromatic rings. The quantitative estimate of drug-likeness (QED) is 0.585. The van der Waals surface area contributed by atoms with E-state index in [-0.39, 0.29) is 6.42 Å². The highest BCUT2D eigenvalue weighted by atomic mass is 35.5. The zero-order valence-electron chi connectivity index (χ0n) is 13.8. The number of rotatable bonds is 10. The minimum Gasteiger partial charge on any atom is -0.480 e. The molecule has 3 N–H and O–H groups in total. The first-order valence-electron chi connectivity index (χ1n) is 7.80. The Kier molecular flexibility index (Phi) is 9.07. The number of hydrogen-bond acceptors (Lipinski definition) is 4. The zero-order valence-corrected chi connectivity index (χ0v) is 15.3. The van der Waals surface area contributed by atoms with E-state index < -0.39 is 17.9 Å². The third-order valence-corrected chi connectivity index (χ3v) is 4.17. The molecular formula is C16H23Cl2N3O3. The first-order chi connectivity index (χ1) is 11.4. The summed E-state index contributed by atoms with van der Waals surface area (Å²) in [7, 11) is 0. The van der Waals surface area contributed by atoms with Crippen LogP contribution in [0.3, 0.4) is 0 Å². The number of likely N-dealkylation sites (N-methyl/N-ethyl adjacent to an activating group) is 1. The predicted octanol–water partition coefficient (Wildman–Crippen LogP) is 2.71. The van der Waals surface area contributed by atoms with E-state index in [4.69, 9.17) is 23.2 Å². The fraction of sp³-hybridized carbons (Fsp3) is 0.500. The van der Waals surface area contributed by atoms with Crippen molar-refractivity contribution in [2.75, 3.05) is 31.5 Å². The van der Waals surface area contributed by atoms with Crippen LogP contribution in [0.15, 0.2) is 18.2 Å². The van der Waals surface area contributed by atoms with Crippen LogP contribution in [0.4, 0.5) is 5.69 Å². The van der Waals surface area contributed by atoms with E-state index in [1.165, 1.54) is 6.07 Å². The fourth-order valence-electron chi connectivity index (χ4n) is 2.16. The lowest BCUT2D eigenvalue weighted by Gasteiger charge is -2.20. The summed E-state index contributed by atoms with van der Waals surface area (Å²) in [4.78, 5) is 25.6. The molecule has 1 atom stereocenters. The van der Waals surface area contributed by atoms with Gasteiger partial charge in [-0.2, -0.15) is 0 Å².